The van der Waals surface area contributed by atoms with Gasteiger partial charge in [0, 0.05) is 14.2 Å². The maximum atomic E-state index is 14.2. The zero-order valence-electron chi connectivity index (χ0n) is 14.1. The molecule has 0 aliphatic carbocycles. The Balaban J connectivity index is 6.27. The zero-order chi connectivity index (χ0) is 22.1. The molecular weight excluding hydrogens is 432 g/mol. The van der Waals surface area contributed by atoms with Gasteiger partial charge in [-0.1, -0.05) is 13.3 Å². The van der Waals surface area contributed by atoms with E-state index in [2.05, 4.69) is 8.85 Å². The standard InChI is InChI=1S/C12H16F12O2Si/c1-4-5-27(25-2,26-3)12(23,24)11(21,22)10(19,20)9(17,18)7(13)6-8(14,15)16/h7H,4-6H2,1-3H3. The molecule has 27 heavy (non-hydrogen) atoms. The monoisotopic (exact) mass is 448 g/mol. The number of rotatable bonds is 10. The van der Waals surface area contributed by atoms with Crippen LogP contribution >= 0.6 is 0 Å². The van der Waals surface area contributed by atoms with Crippen molar-refractivity contribution < 1.29 is 61.5 Å². The van der Waals surface area contributed by atoms with Crippen LogP contribution in [0.15, 0.2) is 0 Å². The van der Waals surface area contributed by atoms with Crippen LogP contribution in [0.5, 0.6) is 0 Å². The maximum absolute atomic E-state index is 14.2. The second-order valence-corrected chi connectivity index (χ2v) is 8.99. The molecule has 1 unspecified atom stereocenters. The van der Waals surface area contributed by atoms with E-state index in [1.807, 2.05) is 0 Å². The lowest BCUT2D eigenvalue weighted by molar-refractivity contribution is -0.368. The number of hydrogen-bond acceptors (Lipinski definition) is 2. The van der Waals surface area contributed by atoms with Crippen LogP contribution in [0, 0.1) is 0 Å². The molecule has 0 aromatic heterocycles. The van der Waals surface area contributed by atoms with Gasteiger partial charge in [0.05, 0.1) is 6.42 Å². The molecule has 0 radical (unpaired) electrons. The molecule has 0 aliphatic rings. The van der Waals surface area contributed by atoms with Gasteiger partial charge in [0.2, 0.25) is 0 Å². The molecule has 2 nitrogen and oxygen atoms in total. The Morgan fingerprint density at radius 2 is 1.19 bits per heavy atom. The van der Waals surface area contributed by atoms with E-state index in [9.17, 15) is 52.7 Å². The highest BCUT2D eigenvalue weighted by molar-refractivity contribution is 6.70. The van der Waals surface area contributed by atoms with Gasteiger partial charge < -0.3 is 8.85 Å². The SMILES string of the molecule is CCC[Si](OC)(OC)C(F)(F)C(F)(F)C(F)(F)C(F)(F)C(F)CC(F)(F)F. The number of alkyl halides is 12. The third-order valence-electron chi connectivity index (χ3n) is 3.73. The van der Waals surface area contributed by atoms with Crippen molar-refractivity contribution in [2.45, 2.75) is 61.5 Å². The van der Waals surface area contributed by atoms with Gasteiger partial charge in [-0.25, -0.2) is 4.39 Å². The first kappa shape index (κ1) is 26.3. The van der Waals surface area contributed by atoms with Crippen molar-refractivity contribution in [2.75, 3.05) is 14.2 Å². The van der Waals surface area contributed by atoms with Gasteiger partial charge in [-0.05, 0) is 6.04 Å². The Bertz CT molecular complexity index is 489. The summed E-state index contributed by atoms with van der Waals surface area (Å²) in [5, 5.41) is 0. The zero-order valence-corrected chi connectivity index (χ0v) is 15.1. The Morgan fingerprint density at radius 1 is 0.778 bits per heavy atom. The Morgan fingerprint density at radius 3 is 1.48 bits per heavy atom. The van der Waals surface area contributed by atoms with Crippen LogP contribution in [-0.2, 0) is 8.85 Å². The van der Waals surface area contributed by atoms with Crippen molar-refractivity contribution >= 4 is 8.56 Å². The topological polar surface area (TPSA) is 18.5 Å². The minimum absolute atomic E-state index is 0.374. The van der Waals surface area contributed by atoms with E-state index in [0.29, 0.717) is 14.2 Å². The molecular formula is C12H16F12O2Si. The first-order valence-corrected chi connectivity index (χ1v) is 9.16. The predicted octanol–water partition coefficient (Wildman–Crippen LogP) is 5.50. The number of hydrogen-bond donors (Lipinski definition) is 0. The molecule has 0 rings (SSSR count). The Kier molecular flexibility index (Phi) is 7.76. The molecule has 0 saturated carbocycles. The summed E-state index contributed by atoms with van der Waals surface area (Å²) >= 11 is 0. The van der Waals surface area contributed by atoms with E-state index in [1.54, 1.807) is 0 Å². The van der Waals surface area contributed by atoms with Crippen LogP contribution in [0.25, 0.3) is 0 Å². The minimum atomic E-state index is -7.20. The summed E-state index contributed by atoms with van der Waals surface area (Å²) in [6.45, 7) is 1.14. The molecule has 0 fully saturated rings. The van der Waals surface area contributed by atoms with Crippen LogP contribution in [0.4, 0.5) is 52.7 Å². The molecule has 1 atom stereocenters. The van der Waals surface area contributed by atoms with Crippen molar-refractivity contribution in [3.63, 3.8) is 0 Å². The fourth-order valence-electron chi connectivity index (χ4n) is 2.20. The molecule has 0 N–H and O–H groups in total. The van der Waals surface area contributed by atoms with Crippen LogP contribution in [-0.4, -0.2) is 58.4 Å². The van der Waals surface area contributed by atoms with Crippen LogP contribution in [0.2, 0.25) is 6.04 Å². The van der Waals surface area contributed by atoms with Gasteiger partial charge in [-0.15, -0.1) is 0 Å². The Labute approximate surface area is 147 Å². The van der Waals surface area contributed by atoms with E-state index in [1.165, 1.54) is 0 Å². The average Bonchev–Trinajstić information content (AvgIpc) is 2.50. The van der Waals surface area contributed by atoms with E-state index >= 15 is 0 Å². The molecule has 0 aliphatic heterocycles. The molecule has 0 amide bonds. The second kappa shape index (κ2) is 7.97. The molecule has 0 spiro atoms. The number of halogens is 12. The summed E-state index contributed by atoms with van der Waals surface area (Å²) in [6, 6.07) is -1.05. The first-order chi connectivity index (χ1) is 11.8. The smallest absolute Gasteiger partial charge is 0.394 e. The average molecular weight is 448 g/mol. The third-order valence-corrected chi connectivity index (χ3v) is 7.48. The van der Waals surface area contributed by atoms with Gasteiger partial charge in [0.1, 0.15) is 0 Å². The lowest BCUT2D eigenvalue weighted by Gasteiger charge is -2.43. The minimum Gasteiger partial charge on any atom is -0.394 e. The van der Waals surface area contributed by atoms with E-state index in [-0.39, 0.29) is 6.42 Å². The molecule has 0 bridgehead atoms. The molecule has 0 aromatic rings. The van der Waals surface area contributed by atoms with Gasteiger partial charge in [0.25, 0.3) is 0 Å². The van der Waals surface area contributed by atoms with Gasteiger partial charge in [-0.2, -0.15) is 48.3 Å². The summed E-state index contributed by atoms with van der Waals surface area (Å²) in [5.41, 5.74) is -6.05. The van der Waals surface area contributed by atoms with Crippen LogP contribution in [0.1, 0.15) is 19.8 Å². The first-order valence-electron chi connectivity index (χ1n) is 7.13. The highest BCUT2D eigenvalue weighted by Crippen LogP contribution is 2.57. The largest absolute Gasteiger partial charge is 0.421 e. The summed E-state index contributed by atoms with van der Waals surface area (Å²) in [6.07, 6.45) is -14.3. The summed E-state index contributed by atoms with van der Waals surface area (Å²) in [5.74, 6) is -21.0. The highest BCUT2D eigenvalue weighted by atomic mass is 28.4. The molecule has 0 heterocycles. The lowest BCUT2D eigenvalue weighted by Crippen LogP contribution is -2.73. The van der Waals surface area contributed by atoms with Crippen molar-refractivity contribution in [3.8, 4) is 0 Å². The van der Waals surface area contributed by atoms with Crippen LogP contribution in [0.3, 0.4) is 0 Å². The van der Waals surface area contributed by atoms with Gasteiger partial charge in [0.15, 0.2) is 6.17 Å². The molecule has 164 valence electrons. The predicted molar refractivity (Wildman–Crippen MR) is 70.2 cm³/mol. The lowest BCUT2D eigenvalue weighted by atomic mass is 9.98. The Hall–Kier alpha value is -0.703. The fourth-order valence-corrected chi connectivity index (χ4v) is 4.90. The van der Waals surface area contributed by atoms with Crippen molar-refractivity contribution in [2.24, 2.45) is 0 Å². The van der Waals surface area contributed by atoms with E-state index < -0.39 is 56.7 Å². The summed E-state index contributed by atoms with van der Waals surface area (Å²) < 4.78 is 168. The van der Waals surface area contributed by atoms with Gasteiger partial charge in [-0.3, -0.25) is 0 Å². The quantitative estimate of drug-likeness (QED) is 0.325. The molecule has 0 saturated heterocycles. The highest BCUT2D eigenvalue weighted by Gasteiger charge is 2.87. The van der Waals surface area contributed by atoms with E-state index in [4.69, 9.17) is 0 Å². The van der Waals surface area contributed by atoms with Crippen molar-refractivity contribution in [1.29, 1.82) is 0 Å². The fraction of sp³-hybridized carbons (Fsp3) is 1.00. The van der Waals surface area contributed by atoms with Crippen molar-refractivity contribution in [1.82, 2.24) is 0 Å². The van der Waals surface area contributed by atoms with Crippen LogP contribution < -0.4 is 0 Å². The van der Waals surface area contributed by atoms with Gasteiger partial charge >= 0.3 is 38.1 Å². The maximum Gasteiger partial charge on any atom is 0.421 e. The summed E-state index contributed by atoms with van der Waals surface area (Å²) in [7, 11) is -4.83. The van der Waals surface area contributed by atoms with E-state index in [0.717, 1.165) is 6.92 Å². The second-order valence-electron chi connectivity index (χ2n) is 5.54. The molecule has 0 aromatic carbocycles. The van der Waals surface area contributed by atoms with Crippen molar-refractivity contribution in [3.05, 3.63) is 0 Å². The summed E-state index contributed by atoms with van der Waals surface area (Å²) in [4.78, 5) is 0. The molecule has 15 heteroatoms. The normalized spacial score (nSPS) is 16.6. The third kappa shape index (κ3) is 4.33.